The number of hydrogen-bond acceptors (Lipinski definition) is 4. The Morgan fingerprint density at radius 2 is 1.91 bits per heavy atom. The van der Waals surface area contributed by atoms with Crippen LogP contribution in [0, 0.1) is 6.92 Å². The van der Waals surface area contributed by atoms with E-state index in [1.165, 1.54) is 12.1 Å². The van der Waals surface area contributed by atoms with Gasteiger partial charge in [-0.25, -0.2) is 13.2 Å². The summed E-state index contributed by atoms with van der Waals surface area (Å²) in [6.45, 7) is 4.10. The lowest BCUT2D eigenvalue weighted by atomic mass is 10.0. The van der Waals surface area contributed by atoms with Crippen LogP contribution < -0.4 is 0 Å². The molecule has 0 saturated carbocycles. The fourth-order valence-electron chi connectivity index (χ4n) is 2.91. The van der Waals surface area contributed by atoms with Gasteiger partial charge in [0.1, 0.15) is 0 Å². The maximum Gasteiger partial charge on any atom is 0.335 e. The zero-order valence-corrected chi connectivity index (χ0v) is 14.1. The number of benzene rings is 1. The first-order chi connectivity index (χ1) is 10.7. The number of amides is 1. The van der Waals surface area contributed by atoms with Gasteiger partial charge in [-0.05, 0) is 43.5 Å². The highest BCUT2D eigenvalue weighted by atomic mass is 32.2. The molecule has 1 fully saturated rings. The Kier molecular flexibility index (Phi) is 5.09. The molecule has 1 amide bonds. The molecular formula is C16H21NO5S. The van der Waals surface area contributed by atoms with E-state index in [4.69, 9.17) is 5.11 Å². The second-order valence-electron chi connectivity index (χ2n) is 5.95. The molecule has 1 N–H and O–H groups in total. The molecule has 1 aromatic rings. The van der Waals surface area contributed by atoms with Crippen molar-refractivity contribution in [3.05, 3.63) is 34.9 Å². The molecule has 1 aliphatic rings. The van der Waals surface area contributed by atoms with Gasteiger partial charge in [0, 0.05) is 18.2 Å². The van der Waals surface area contributed by atoms with E-state index in [0.717, 1.165) is 0 Å². The van der Waals surface area contributed by atoms with Crippen LogP contribution in [0.4, 0.5) is 0 Å². The van der Waals surface area contributed by atoms with Crippen LogP contribution >= 0.6 is 0 Å². The molecule has 0 radical (unpaired) electrons. The van der Waals surface area contributed by atoms with Crippen molar-refractivity contribution >= 4 is 21.7 Å². The minimum atomic E-state index is -3.09. The number of rotatable bonds is 5. The summed E-state index contributed by atoms with van der Waals surface area (Å²) in [7, 11) is -3.09. The summed E-state index contributed by atoms with van der Waals surface area (Å²) < 4.78 is 23.4. The smallest absolute Gasteiger partial charge is 0.335 e. The molecule has 1 unspecified atom stereocenters. The van der Waals surface area contributed by atoms with Crippen LogP contribution in [0.2, 0.25) is 0 Å². The molecule has 1 heterocycles. The highest BCUT2D eigenvalue weighted by Crippen LogP contribution is 2.21. The molecule has 6 nitrogen and oxygen atoms in total. The summed E-state index contributed by atoms with van der Waals surface area (Å²) in [4.78, 5) is 25.5. The molecule has 1 saturated heterocycles. The van der Waals surface area contributed by atoms with Crippen molar-refractivity contribution in [2.24, 2.45) is 0 Å². The zero-order chi connectivity index (χ0) is 17.2. The number of carboxylic acids is 1. The normalized spacial score (nSPS) is 19.5. The monoisotopic (exact) mass is 339 g/mol. The van der Waals surface area contributed by atoms with Gasteiger partial charge in [-0.3, -0.25) is 4.79 Å². The summed E-state index contributed by atoms with van der Waals surface area (Å²) in [5.41, 5.74) is 1.03. The third-order valence-electron chi connectivity index (χ3n) is 3.95. The van der Waals surface area contributed by atoms with Crippen molar-refractivity contribution in [2.75, 3.05) is 18.1 Å². The first kappa shape index (κ1) is 17.5. The molecule has 1 atom stereocenters. The highest BCUT2D eigenvalue weighted by molar-refractivity contribution is 7.91. The number of carbonyl (C=O) groups is 2. The second kappa shape index (κ2) is 6.70. The van der Waals surface area contributed by atoms with E-state index in [2.05, 4.69) is 0 Å². The molecule has 0 aromatic heterocycles. The van der Waals surface area contributed by atoms with E-state index in [9.17, 15) is 18.0 Å². The standard InChI is InChI=1S/C16H21NO5S/c1-3-5-17(14-4-6-23(21,22)10-14)15(18)12-7-11(2)8-13(9-12)16(19)20/h7-9,14H,3-6,10H2,1-2H3,(H,19,20). The number of aryl methyl sites for hydroxylation is 1. The van der Waals surface area contributed by atoms with Crippen molar-refractivity contribution in [3.8, 4) is 0 Å². The van der Waals surface area contributed by atoms with Crippen molar-refractivity contribution in [2.45, 2.75) is 32.7 Å². The first-order valence-electron chi connectivity index (χ1n) is 7.60. The van der Waals surface area contributed by atoms with Gasteiger partial charge in [0.25, 0.3) is 5.91 Å². The van der Waals surface area contributed by atoms with E-state index in [-0.39, 0.29) is 29.0 Å². The number of nitrogens with zero attached hydrogens (tertiary/aromatic N) is 1. The van der Waals surface area contributed by atoms with Gasteiger partial charge < -0.3 is 10.0 Å². The lowest BCUT2D eigenvalue weighted by Gasteiger charge is -2.28. The van der Waals surface area contributed by atoms with Crippen LogP contribution in [-0.2, 0) is 9.84 Å². The Morgan fingerprint density at radius 1 is 1.26 bits per heavy atom. The van der Waals surface area contributed by atoms with Crippen molar-refractivity contribution in [1.82, 2.24) is 4.90 Å². The Bertz CT molecular complexity index is 726. The molecular weight excluding hydrogens is 318 g/mol. The number of carbonyl (C=O) groups excluding carboxylic acids is 1. The largest absolute Gasteiger partial charge is 0.478 e. The summed E-state index contributed by atoms with van der Waals surface area (Å²) >= 11 is 0. The molecule has 7 heteroatoms. The SMILES string of the molecule is CCCN(C(=O)c1cc(C)cc(C(=O)O)c1)C1CCS(=O)(=O)C1. The van der Waals surface area contributed by atoms with Crippen LogP contribution in [-0.4, -0.2) is 54.4 Å². The summed E-state index contributed by atoms with van der Waals surface area (Å²) in [6.07, 6.45) is 1.14. The molecule has 1 aliphatic heterocycles. The lowest BCUT2D eigenvalue weighted by molar-refractivity contribution is 0.0696. The van der Waals surface area contributed by atoms with E-state index < -0.39 is 15.8 Å². The molecule has 0 spiro atoms. The molecule has 1 aromatic carbocycles. The number of aromatic carboxylic acids is 1. The van der Waals surface area contributed by atoms with Crippen LogP contribution in [0.25, 0.3) is 0 Å². The number of sulfone groups is 1. The van der Waals surface area contributed by atoms with Gasteiger partial charge in [-0.1, -0.05) is 6.92 Å². The Hall–Kier alpha value is -1.89. The fraction of sp³-hybridized carbons (Fsp3) is 0.500. The van der Waals surface area contributed by atoms with E-state index >= 15 is 0 Å². The third-order valence-corrected chi connectivity index (χ3v) is 5.70. The van der Waals surface area contributed by atoms with Crippen molar-refractivity contribution < 1.29 is 23.1 Å². The van der Waals surface area contributed by atoms with E-state index in [1.54, 1.807) is 17.9 Å². The van der Waals surface area contributed by atoms with Crippen LogP contribution in [0.5, 0.6) is 0 Å². The molecule has 0 aliphatic carbocycles. The number of hydrogen-bond donors (Lipinski definition) is 1. The topological polar surface area (TPSA) is 91.8 Å². The Balaban J connectivity index is 2.33. The quantitative estimate of drug-likeness (QED) is 0.882. The Labute approximate surface area is 136 Å². The lowest BCUT2D eigenvalue weighted by Crippen LogP contribution is -2.41. The van der Waals surface area contributed by atoms with Crippen molar-refractivity contribution in [3.63, 3.8) is 0 Å². The highest BCUT2D eigenvalue weighted by Gasteiger charge is 2.34. The Morgan fingerprint density at radius 3 is 2.43 bits per heavy atom. The van der Waals surface area contributed by atoms with Crippen LogP contribution in [0.1, 0.15) is 46.0 Å². The predicted octanol–water partition coefficient (Wildman–Crippen LogP) is 1.73. The first-order valence-corrected chi connectivity index (χ1v) is 9.42. The van der Waals surface area contributed by atoms with Gasteiger partial charge in [0.15, 0.2) is 9.84 Å². The van der Waals surface area contributed by atoms with Gasteiger partial charge in [0.05, 0.1) is 17.1 Å². The second-order valence-corrected chi connectivity index (χ2v) is 8.18. The van der Waals surface area contributed by atoms with Gasteiger partial charge in [-0.2, -0.15) is 0 Å². The third kappa shape index (κ3) is 4.10. The van der Waals surface area contributed by atoms with Gasteiger partial charge in [0.2, 0.25) is 0 Å². The zero-order valence-electron chi connectivity index (χ0n) is 13.3. The maximum absolute atomic E-state index is 12.8. The van der Waals surface area contributed by atoms with E-state index in [0.29, 0.717) is 30.5 Å². The molecule has 2 rings (SSSR count). The van der Waals surface area contributed by atoms with Crippen LogP contribution in [0.15, 0.2) is 18.2 Å². The predicted molar refractivity (Wildman–Crippen MR) is 86.5 cm³/mol. The van der Waals surface area contributed by atoms with Gasteiger partial charge >= 0.3 is 5.97 Å². The van der Waals surface area contributed by atoms with Crippen molar-refractivity contribution in [1.29, 1.82) is 0 Å². The van der Waals surface area contributed by atoms with Gasteiger partial charge in [-0.15, -0.1) is 0 Å². The average molecular weight is 339 g/mol. The van der Waals surface area contributed by atoms with E-state index in [1.807, 2.05) is 6.92 Å². The average Bonchev–Trinajstić information content (AvgIpc) is 2.83. The number of carboxylic acid groups (broad SMARTS) is 1. The summed E-state index contributed by atoms with van der Waals surface area (Å²) in [5.74, 6) is -1.32. The summed E-state index contributed by atoms with van der Waals surface area (Å²) in [5, 5.41) is 9.13. The molecule has 23 heavy (non-hydrogen) atoms. The minimum Gasteiger partial charge on any atom is -0.478 e. The molecule has 126 valence electrons. The summed E-state index contributed by atoms with van der Waals surface area (Å²) in [6, 6.07) is 4.16. The maximum atomic E-state index is 12.8. The molecule has 0 bridgehead atoms. The fourth-order valence-corrected chi connectivity index (χ4v) is 4.64. The van der Waals surface area contributed by atoms with Crippen LogP contribution in [0.3, 0.4) is 0 Å². The minimum absolute atomic E-state index is 0.0175.